The molecule has 35 heavy (non-hydrogen) atoms. The van der Waals surface area contributed by atoms with E-state index in [1.54, 1.807) is 73.7 Å². The molecule has 1 aliphatic heterocycles. The monoisotopic (exact) mass is 490 g/mol. The summed E-state index contributed by atoms with van der Waals surface area (Å²) in [5, 5.41) is 17.2. The Morgan fingerprint density at radius 3 is 2.29 bits per heavy atom. The van der Waals surface area contributed by atoms with Crippen LogP contribution in [0.4, 0.5) is 5.69 Å². The van der Waals surface area contributed by atoms with Gasteiger partial charge in [-0.1, -0.05) is 53.7 Å². The van der Waals surface area contributed by atoms with Crippen molar-refractivity contribution < 1.29 is 23.2 Å². The summed E-state index contributed by atoms with van der Waals surface area (Å²) in [5.41, 5.74) is 9.12. The average molecular weight is 491 g/mol. The van der Waals surface area contributed by atoms with E-state index in [0.717, 1.165) is 4.90 Å². The van der Waals surface area contributed by atoms with Gasteiger partial charge in [0.05, 0.1) is 17.0 Å². The summed E-state index contributed by atoms with van der Waals surface area (Å²) in [6.45, 7) is 1.74. The third-order valence-corrected chi connectivity index (χ3v) is 6.79. The molecular formula is C25H22N4O5S. The predicted octanol–water partition coefficient (Wildman–Crippen LogP) is 2.83. The van der Waals surface area contributed by atoms with Crippen LogP contribution in [0.15, 0.2) is 88.4 Å². The quantitative estimate of drug-likeness (QED) is 0.125. The van der Waals surface area contributed by atoms with Crippen molar-refractivity contribution in [3.63, 3.8) is 0 Å². The molecule has 2 amide bonds. The molecule has 9 nitrogen and oxygen atoms in total. The summed E-state index contributed by atoms with van der Waals surface area (Å²) in [4.78, 5) is 27.1. The number of sulfonamides is 1. The fourth-order valence-corrected chi connectivity index (χ4v) is 4.76. The van der Waals surface area contributed by atoms with Gasteiger partial charge in [0.15, 0.2) is 5.84 Å². The number of imide groups is 1. The van der Waals surface area contributed by atoms with Crippen LogP contribution in [-0.2, 0) is 19.6 Å². The maximum atomic E-state index is 13.2. The van der Waals surface area contributed by atoms with Crippen LogP contribution in [0, 0.1) is 0 Å². The van der Waals surface area contributed by atoms with Crippen LogP contribution < -0.4 is 15.8 Å². The number of carbonyl (C=O) groups is 2. The van der Waals surface area contributed by atoms with Gasteiger partial charge in [-0.15, -0.1) is 0 Å². The lowest BCUT2D eigenvalue weighted by molar-refractivity contribution is -0.120. The number of nitrogens with two attached hydrogens (primary N) is 2. The molecule has 0 aliphatic carbocycles. The van der Waals surface area contributed by atoms with Crippen LogP contribution >= 0.6 is 0 Å². The summed E-state index contributed by atoms with van der Waals surface area (Å²) in [6.07, 6.45) is -0.0749. The molecule has 0 atom stereocenters. The average Bonchev–Trinajstić information content (AvgIpc) is 3.16. The van der Waals surface area contributed by atoms with E-state index in [1.807, 2.05) is 0 Å². The Kier molecular flexibility index (Phi) is 6.25. The lowest BCUT2D eigenvalue weighted by Crippen LogP contribution is -2.29. The lowest BCUT2D eigenvalue weighted by atomic mass is 9.98. The largest absolute Gasteiger partial charge is 0.409 e. The van der Waals surface area contributed by atoms with Gasteiger partial charge in [0.1, 0.15) is 0 Å². The molecule has 0 bridgehead atoms. The molecule has 0 saturated carbocycles. The molecule has 0 spiro atoms. The van der Waals surface area contributed by atoms with E-state index in [4.69, 9.17) is 16.1 Å². The van der Waals surface area contributed by atoms with Crippen molar-refractivity contribution in [2.45, 2.75) is 18.2 Å². The Morgan fingerprint density at radius 2 is 1.63 bits per heavy atom. The SMILES string of the molecule is C/C(=C1\CC(=O)N(c2ccc(-c3ccccc3S(N)(=O)=O)cc2)C1=O)c1cccc(C(N)=NO)c1. The molecule has 5 N–H and O–H groups in total. The highest BCUT2D eigenvalue weighted by atomic mass is 32.2. The molecule has 10 heteroatoms. The van der Waals surface area contributed by atoms with Gasteiger partial charge in [-0.2, -0.15) is 0 Å². The Labute approximate surface area is 202 Å². The molecule has 0 aromatic heterocycles. The van der Waals surface area contributed by atoms with Crippen molar-refractivity contribution in [3.05, 3.63) is 89.5 Å². The van der Waals surface area contributed by atoms with E-state index in [2.05, 4.69) is 5.16 Å². The number of benzene rings is 3. The first-order valence-electron chi connectivity index (χ1n) is 10.5. The smallest absolute Gasteiger partial charge is 0.261 e. The molecule has 4 rings (SSSR count). The number of allylic oxidation sites excluding steroid dienone is 1. The standard InChI is InChI=1S/C25H22N4O5S/c1-15(17-5-4-6-18(13-17)24(26)28-32)21-14-23(30)29(25(21)31)19-11-9-16(10-12-19)20-7-2-3-8-22(20)35(27,33)34/h2-13,32H,14H2,1H3,(H2,26,28)(H2,27,33,34)/b21-15-. The second-order valence-corrected chi connectivity index (χ2v) is 9.50. The first-order valence-corrected chi connectivity index (χ1v) is 12.0. The summed E-state index contributed by atoms with van der Waals surface area (Å²) >= 11 is 0. The van der Waals surface area contributed by atoms with E-state index < -0.39 is 15.9 Å². The molecule has 3 aromatic rings. The van der Waals surface area contributed by atoms with Gasteiger partial charge in [-0.25, -0.2) is 18.5 Å². The number of hydrogen-bond donors (Lipinski definition) is 3. The van der Waals surface area contributed by atoms with Gasteiger partial charge in [0.2, 0.25) is 15.9 Å². The summed E-state index contributed by atoms with van der Waals surface area (Å²) in [5.74, 6) is -0.891. The maximum absolute atomic E-state index is 13.2. The van der Waals surface area contributed by atoms with Gasteiger partial charge in [-0.3, -0.25) is 9.59 Å². The zero-order valence-electron chi connectivity index (χ0n) is 18.7. The molecule has 1 fully saturated rings. The van der Waals surface area contributed by atoms with Crippen molar-refractivity contribution in [1.82, 2.24) is 0 Å². The predicted molar refractivity (Wildman–Crippen MR) is 132 cm³/mol. The number of amides is 2. The highest BCUT2D eigenvalue weighted by Gasteiger charge is 2.36. The molecular weight excluding hydrogens is 468 g/mol. The van der Waals surface area contributed by atoms with E-state index >= 15 is 0 Å². The van der Waals surface area contributed by atoms with Crippen molar-refractivity contribution in [2.75, 3.05) is 4.90 Å². The minimum absolute atomic E-state index is 0.0176. The highest BCUT2D eigenvalue weighted by molar-refractivity contribution is 7.89. The van der Waals surface area contributed by atoms with E-state index in [0.29, 0.717) is 39.1 Å². The van der Waals surface area contributed by atoms with Gasteiger partial charge in [0, 0.05) is 16.7 Å². The van der Waals surface area contributed by atoms with Crippen molar-refractivity contribution in [3.8, 4) is 11.1 Å². The first kappa shape index (κ1) is 23.9. The summed E-state index contributed by atoms with van der Waals surface area (Å²) in [6, 6.07) is 19.6. The normalized spacial score (nSPS) is 16.1. The summed E-state index contributed by atoms with van der Waals surface area (Å²) < 4.78 is 23.9. The lowest BCUT2D eigenvalue weighted by Gasteiger charge is -2.15. The third kappa shape index (κ3) is 4.57. The van der Waals surface area contributed by atoms with E-state index in [1.165, 1.54) is 6.07 Å². The maximum Gasteiger partial charge on any atom is 0.261 e. The number of rotatable bonds is 5. The zero-order chi connectivity index (χ0) is 25.3. The van der Waals surface area contributed by atoms with Crippen LogP contribution in [0.1, 0.15) is 24.5 Å². The molecule has 3 aromatic carbocycles. The van der Waals surface area contributed by atoms with E-state index in [9.17, 15) is 18.0 Å². The number of carbonyl (C=O) groups excluding carboxylic acids is 2. The number of amidine groups is 1. The fraction of sp³-hybridized carbons (Fsp3) is 0.0800. The topological polar surface area (TPSA) is 156 Å². The molecule has 1 saturated heterocycles. The molecule has 178 valence electrons. The molecule has 1 aliphatic rings. The van der Waals surface area contributed by atoms with Crippen LogP contribution in [0.25, 0.3) is 16.7 Å². The Morgan fingerprint density at radius 1 is 0.971 bits per heavy atom. The zero-order valence-corrected chi connectivity index (χ0v) is 19.5. The highest BCUT2D eigenvalue weighted by Crippen LogP contribution is 2.33. The minimum Gasteiger partial charge on any atom is -0.409 e. The van der Waals surface area contributed by atoms with Gasteiger partial charge in [0.25, 0.3) is 5.91 Å². The number of anilines is 1. The van der Waals surface area contributed by atoms with E-state index in [-0.39, 0.29) is 23.1 Å². The summed E-state index contributed by atoms with van der Waals surface area (Å²) in [7, 11) is -3.93. The van der Waals surface area contributed by atoms with Crippen molar-refractivity contribution in [2.24, 2.45) is 16.0 Å². The molecule has 1 heterocycles. The molecule has 0 radical (unpaired) electrons. The van der Waals surface area contributed by atoms with Gasteiger partial charge < -0.3 is 10.9 Å². The first-order chi connectivity index (χ1) is 16.6. The third-order valence-electron chi connectivity index (χ3n) is 5.82. The van der Waals surface area contributed by atoms with Crippen LogP contribution in [0.5, 0.6) is 0 Å². The van der Waals surface area contributed by atoms with Crippen LogP contribution in [-0.4, -0.2) is 31.3 Å². The molecule has 0 unspecified atom stereocenters. The second kappa shape index (κ2) is 9.16. The Bertz CT molecular complexity index is 1510. The minimum atomic E-state index is -3.93. The second-order valence-electron chi connectivity index (χ2n) is 7.97. The Balaban J connectivity index is 1.67. The number of hydrogen-bond acceptors (Lipinski definition) is 6. The number of nitrogens with zero attached hydrogens (tertiary/aromatic N) is 2. The van der Waals surface area contributed by atoms with Crippen molar-refractivity contribution in [1.29, 1.82) is 0 Å². The number of oxime groups is 1. The van der Waals surface area contributed by atoms with Gasteiger partial charge in [-0.05, 0) is 47.9 Å². The fourth-order valence-electron chi connectivity index (χ4n) is 4.00. The van der Waals surface area contributed by atoms with Gasteiger partial charge >= 0.3 is 0 Å². The Hall–Kier alpha value is -4.28. The van der Waals surface area contributed by atoms with Crippen LogP contribution in [0.2, 0.25) is 0 Å². The number of primary sulfonamides is 1. The van der Waals surface area contributed by atoms with Crippen LogP contribution in [0.3, 0.4) is 0 Å². The van der Waals surface area contributed by atoms with Crippen molar-refractivity contribution >= 4 is 38.9 Å².